The van der Waals surface area contributed by atoms with E-state index in [4.69, 9.17) is 12.2 Å². The van der Waals surface area contributed by atoms with Crippen LogP contribution in [-0.4, -0.2) is 39.3 Å². The Kier molecular flexibility index (Phi) is 3.39. The minimum atomic E-state index is 0.176. The molecule has 1 saturated carbocycles. The number of hydrogen-bond donors (Lipinski definition) is 3. The van der Waals surface area contributed by atoms with E-state index < -0.39 is 0 Å². The highest BCUT2D eigenvalue weighted by Gasteiger charge is 2.26. The fourth-order valence-corrected chi connectivity index (χ4v) is 2.82. The number of nitrogens with one attached hydrogen (secondary N) is 2. The van der Waals surface area contributed by atoms with Gasteiger partial charge in [-0.1, -0.05) is 5.92 Å². The number of nitrogens with zero attached hydrogens (tertiary/aromatic N) is 4. The third kappa shape index (κ3) is 2.85. The lowest BCUT2D eigenvalue weighted by atomic mass is 10.3. The van der Waals surface area contributed by atoms with Crippen LogP contribution in [0.25, 0.3) is 0 Å². The van der Waals surface area contributed by atoms with Crippen LogP contribution >= 0.6 is 0 Å². The first-order chi connectivity index (χ1) is 11.2. The molecule has 1 unspecified atom stereocenters. The number of aromatic amines is 1. The summed E-state index contributed by atoms with van der Waals surface area (Å²) in [6.07, 6.45) is 10.6. The maximum Gasteiger partial charge on any atom is 0.227 e. The molecule has 1 atom stereocenters. The van der Waals surface area contributed by atoms with E-state index in [-0.39, 0.29) is 6.04 Å². The number of anilines is 3. The second-order valence-corrected chi connectivity index (χ2v) is 6.18. The summed E-state index contributed by atoms with van der Waals surface area (Å²) in [5, 5.41) is 10.6. The second-order valence-electron chi connectivity index (χ2n) is 6.18. The van der Waals surface area contributed by atoms with Gasteiger partial charge in [-0.05, 0) is 19.3 Å². The van der Waals surface area contributed by atoms with E-state index in [0.717, 1.165) is 31.0 Å². The molecule has 0 spiro atoms. The summed E-state index contributed by atoms with van der Waals surface area (Å²) in [4.78, 5) is 11.0. The van der Waals surface area contributed by atoms with Crippen molar-refractivity contribution in [3.8, 4) is 12.3 Å². The molecule has 4 N–H and O–H groups in total. The van der Waals surface area contributed by atoms with Crippen LogP contribution in [0.15, 0.2) is 12.3 Å². The first-order valence-corrected chi connectivity index (χ1v) is 7.89. The van der Waals surface area contributed by atoms with Crippen molar-refractivity contribution in [3.63, 3.8) is 0 Å². The van der Waals surface area contributed by atoms with Crippen molar-refractivity contribution in [3.05, 3.63) is 23.5 Å². The number of nitrogens with two attached hydrogens (primary N) is 1. The van der Waals surface area contributed by atoms with Gasteiger partial charge in [-0.3, -0.25) is 5.10 Å². The number of terminal acetylenes is 1. The monoisotopic (exact) mass is 309 g/mol. The molecule has 7 nitrogen and oxygen atoms in total. The van der Waals surface area contributed by atoms with Crippen LogP contribution in [0.4, 0.5) is 17.6 Å². The Bertz CT molecular complexity index is 756. The van der Waals surface area contributed by atoms with E-state index in [2.05, 4.69) is 36.3 Å². The predicted molar refractivity (Wildman–Crippen MR) is 88.6 cm³/mol. The smallest absolute Gasteiger partial charge is 0.227 e. The quantitative estimate of drug-likeness (QED) is 0.738. The van der Waals surface area contributed by atoms with E-state index >= 15 is 0 Å². The molecule has 1 aliphatic carbocycles. The van der Waals surface area contributed by atoms with Crippen molar-refractivity contribution in [2.75, 3.05) is 23.3 Å². The Labute approximate surface area is 134 Å². The van der Waals surface area contributed by atoms with E-state index in [1.807, 2.05) is 6.07 Å². The van der Waals surface area contributed by atoms with Crippen LogP contribution in [0.3, 0.4) is 0 Å². The number of hydrogen-bond acceptors (Lipinski definition) is 6. The fraction of sp³-hybridized carbons (Fsp3) is 0.438. The molecule has 2 aromatic heterocycles. The van der Waals surface area contributed by atoms with Gasteiger partial charge in [0.2, 0.25) is 5.95 Å². The summed E-state index contributed by atoms with van der Waals surface area (Å²) >= 11 is 0. The molecule has 1 aliphatic heterocycles. The molecule has 2 fully saturated rings. The zero-order valence-electron chi connectivity index (χ0n) is 12.8. The van der Waals surface area contributed by atoms with E-state index in [0.29, 0.717) is 23.2 Å². The van der Waals surface area contributed by atoms with Crippen LogP contribution in [0.1, 0.15) is 36.4 Å². The van der Waals surface area contributed by atoms with Crippen LogP contribution < -0.4 is 16.0 Å². The maximum atomic E-state index is 5.96. The van der Waals surface area contributed by atoms with Gasteiger partial charge in [0.1, 0.15) is 0 Å². The molecule has 2 aromatic rings. The maximum absolute atomic E-state index is 5.96. The molecule has 4 rings (SSSR count). The molecule has 23 heavy (non-hydrogen) atoms. The molecule has 0 radical (unpaired) electrons. The minimum absolute atomic E-state index is 0.176. The predicted octanol–water partition coefficient (Wildman–Crippen LogP) is 1.34. The zero-order valence-corrected chi connectivity index (χ0v) is 12.8. The Morgan fingerprint density at radius 1 is 1.39 bits per heavy atom. The summed E-state index contributed by atoms with van der Waals surface area (Å²) in [6.45, 7) is 1.63. The van der Waals surface area contributed by atoms with Crippen molar-refractivity contribution < 1.29 is 0 Å². The number of aromatic nitrogens is 4. The minimum Gasteiger partial charge on any atom is -0.339 e. The Morgan fingerprint density at radius 2 is 2.26 bits per heavy atom. The lowest BCUT2D eigenvalue weighted by Crippen LogP contribution is -2.27. The lowest BCUT2D eigenvalue weighted by molar-refractivity contribution is 0.750. The fourth-order valence-electron chi connectivity index (χ4n) is 2.82. The molecule has 118 valence electrons. The number of rotatable bonds is 4. The van der Waals surface area contributed by atoms with E-state index in [1.54, 1.807) is 6.20 Å². The summed E-state index contributed by atoms with van der Waals surface area (Å²) in [5.74, 6) is 5.22. The molecule has 7 heteroatoms. The summed E-state index contributed by atoms with van der Waals surface area (Å²) < 4.78 is 0. The molecule has 2 aliphatic rings. The van der Waals surface area contributed by atoms with E-state index in [1.165, 1.54) is 12.8 Å². The van der Waals surface area contributed by atoms with Crippen molar-refractivity contribution in [1.29, 1.82) is 0 Å². The van der Waals surface area contributed by atoms with Gasteiger partial charge in [-0.25, -0.2) is 4.98 Å². The van der Waals surface area contributed by atoms with Crippen LogP contribution in [0.2, 0.25) is 0 Å². The zero-order chi connectivity index (χ0) is 15.8. The average molecular weight is 309 g/mol. The first kappa shape index (κ1) is 14.0. The van der Waals surface area contributed by atoms with Crippen molar-refractivity contribution in [1.82, 2.24) is 20.2 Å². The lowest BCUT2D eigenvalue weighted by Gasteiger charge is -2.16. The molecule has 0 bridgehead atoms. The van der Waals surface area contributed by atoms with Gasteiger partial charge < -0.3 is 16.0 Å². The second kappa shape index (κ2) is 5.56. The summed E-state index contributed by atoms with van der Waals surface area (Å²) in [7, 11) is 0. The van der Waals surface area contributed by atoms with Gasteiger partial charge in [0, 0.05) is 36.8 Å². The van der Waals surface area contributed by atoms with Gasteiger partial charge in [0.25, 0.3) is 0 Å². The van der Waals surface area contributed by atoms with Gasteiger partial charge in [-0.2, -0.15) is 10.1 Å². The highest BCUT2D eigenvalue weighted by atomic mass is 15.3. The number of H-pyrrole nitrogens is 1. The van der Waals surface area contributed by atoms with Crippen molar-refractivity contribution in [2.24, 2.45) is 5.73 Å². The molecule has 0 amide bonds. The molecular formula is C16H19N7. The highest BCUT2D eigenvalue weighted by Crippen LogP contribution is 2.39. The third-order valence-corrected chi connectivity index (χ3v) is 4.30. The van der Waals surface area contributed by atoms with Crippen LogP contribution in [0, 0.1) is 12.3 Å². The molecule has 0 aromatic carbocycles. The first-order valence-electron chi connectivity index (χ1n) is 7.89. The van der Waals surface area contributed by atoms with Gasteiger partial charge >= 0.3 is 0 Å². The van der Waals surface area contributed by atoms with Crippen molar-refractivity contribution >= 4 is 17.6 Å². The molecule has 3 heterocycles. The van der Waals surface area contributed by atoms with E-state index in [9.17, 15) is 0 Å². The largest absolute Gasteiger partial charge is 0.339 e. The average Bonchev–Trinajstić information content (AvgIpc) is 3.15. The standard InChI is InChI=1S/C16H19N7/c1-2-10-8-18-16(23-6-5-12(17)9-23)20-15(10)19-14-7-13(21-22-14)11-3-4-11/h1,7-8,11-12H,3-6,9,17H2,(H2,18,19,20,21,22). The molecule has 1 saturated heterocycles. The Balaban J connectivity index is 1.58. The van der Waals surface area contributed by atoms with Gasteiger partial charge in [0.05, 0.1) is 11.8 Å². The highest BCUT2D eigenvalue weighted by molar-refractivity contribution is 5.62. The Hall–Kier alpha value is -2.59. The summed E-state index contributed by atoms with van der Waals surface area (Å²) in [5.41, 5.74) is 7.74. The normalized spacial score (nSPS) is 20.5. The molecular weight excluding hydrogens is 290 g/mol. The van der Waals surface area contributed by atoms with Gasteiger partial charge in [-0.15, -0.1) is 6.42 Å². The van der Waals surface area contributed by atoms with Crippen LogP contribution in [0.5, 0.6) is 0 Å². The van der Waals surface area contributed by atoms with Gasteiger partial charge in [0.15, 0.2) is 11.6 Å². The summed E-state index contributed by atoms with van der Waals surface area (Å²) in [6, 6.07) is 2.20. The SMILES string of the molecule is C#Cc1cnc(N2CCC(N)C2)nc1Nc1cc(C2CC2)[nH]n1. The van der Waals surface area contributed by atoms with Crippen LogP contribution in [-0.2, 0) is 0 Å². The Morgan fingerprint density at radius 3 is 2.96 bits per heavy atom. The topological polar surface area (TPSA) is 95.8 Å². The van der Waals surface area contributed by atoms with Crippen molar-refractivity contribution in [2.45, 2.75) is 31.2 Å². The third-order valence-electron chi connectivity index (χ3n) is 4.30.